The maximum absolute atomic E-state index is 12.3. The van der Waals surface area contributed by atoms with E-state index in [9.17, 15) is 4.79 Å². The smallest absolute Gasteiger partial charge is 0.251 e. The van der Waals surface area contributed by atoms with Crippen LogP contribution in [0.5, 0.6) is 0 Å². The van der Waals surface area contributed by atoms with E-state index in [0.717, 1.165) is 27.1 Å². The molecule has 1 amide bonds. The van der Waals surface area contributed by atoms with E-state index in [-0.39, 0.29) is 11.4 Å². The molecule has 0 heterocycles. The normalized spacial score (nSPS) is 11.4. The van der Waals surface area contributed by atoms with Crippen molar-refractivity contribution in [1.29, 1.82) is 0 Å². The van der Waals surface area contributed by atoms with Crippen molar-refractivity contribution in [3.8, 4) is 0 Å². The first-order valence-corrected chi connectivity index (χ1v) is 8.71. The highest BCUT2D eigenvalue weighted by Gasteiger charge is 2.28. The molecule has 0 aliphatic rings. The predicted octanol–water partition coefficient (Wildman–Crippen LogP) is 4.43. The van der Waals surface area contributed by atoms with Crippen LogP contribution in [0.1, 0.15) is 29.3 Å². The van der Waals surface area contributed by atoms with Gasteiger partial charge in [-0.05, 0) is 37.1 Å². The summed E-state index contributed by atoms with van der Waals surface area (Å²) in [5.41, 5.74) is 1.50. The zero-order valence-electron chi connectivity index (χ0n) is 10.4. The van der Waals surface area contributed by atoms with E-state index in [0.29, 0.717) is 5.56 Å². The maximum atomic E-state index is 12.3. The number of benzene rings is 1. The number of hydrogen-bond donors (Lipinski definition) is 1. The number of amides is 1. The summed E-state index contributed by atoms with van der Waals surface area (Å²) in [7, 11) is 0. The topological polar surface area (TPSA) is 29.1 Å². The highest BCUT2D eigenvalue weighted by atomic mass is 79.9. The average molecular weight is 442 g/mol. The fourth-order valence-corrected chi connectivity index (χ4v) is 4.17. The van der Waals surface area contributed by atoms with Gasteiger partial charge in [0.2, 0.25) is 0 Å². The Kier molecular flexibility index (Phi) is 6.35. The molecular weight excluding hydrogens is 426 g/mol. The van der Waals surface area contributed by atoms with Crippen LogP contribution in [0.4, 0.5) is 0 Å². The Labute approximate surface area is 133 Å². The van der Waals surface area contributed by atoms with Gasteiger partial charge in [-0.2, -0.15) is 0 Å². The van der Waals surface area contributed by atoms with Gasteiger partial charge in [-0.25, -0.2) is 0 Å². The van der Waals surface area contributed by atoms with Crippen LogP contribution in [-0.2, 0) is 0 Å². The Morgan fingerprint density at radius 1 is 1.28 bits per heavy atom. The van der Waals surface area contributed by atoms with E-state index in [2.05, 4.69) is 60.0 Å². The number of halogens is 3. The Bertz CT molecular complexity index is 402. The van der Waals surface area contributed by atoms with Gasteiger partial charge in [0, 0.05) is 20.7 Å². The Morgan fingerprint density at radius 3 is 2.33 bits per heavy atom. The molecule has 100 valence electrons. The van der Waals surface area contributed by atoms with E-state index in [1.807, 2.05) is 25.1 Å². The number of rotatable bonds is 5. The summed E-state index contributed by atoms with van der Waals surface area (Å²) >= 11 is 10.4. The second-order valence-corrected chi connectivity index (χ2v) is 6.41. The molecule has 18 heavy (non-hydrogen) atoms. The first-order chi connectivity index (χ1) is 8.46. The van der Waals surface area contributed by atoms with E-state index in [4.69, 9.17) is 0 Å². The van der Waals surface area contributed by atoms with Crippen LogP contribution in [0.2, 0.25) is 0 Å². The number of carbonyl (C=O) groups is 1. The fraction of sp³-hybridized carbons (Fsp3) is 0.462. The molecule has 0 fully saturated rings. The van der Waals surface area contributed by atoms with Crippen LogP contribution in [0.25, 0.3) is 0 Å². The second-order valence-electron chi connectivity index (χ2n) is 4.37. The van der Waals surface area contributed by atoms with Crippen molar-refractivity contribution < 1.29 is 4.79 Å². The van der Waals surface area contributed by atoms with Gasteiger partial charge in [0.05, 0.1) is 5.54 Å². The molecule has 0 saturated carbocycles. The quantitative estimate of drug-likeness (QED) is 0.673. The van der Waals surface area contributed by atoms with Crippen LogP contribution in [-0.4, -0.2) is 22.1 Å². The highest BCUT2D eigenvalue weighted by Crippen LogP contribution is 2.20. The predicted molar refractivity (Wildman–Crippen MR) is 87.0 cm³/mol. The zero-order chi connectivity index (χ0) is 13.8. The van der Waals surface area contributed by atoms with Crippen molar-refractivity contribution in [3.63, 3.8) is 0 Å². The molecule has 1 rings (SSSR count). The first-order valence-electron chi connectivity index (χ1n) is 5.68. The molecule has 0 aromatic heterocycles. The van der Waals surface area contributed by atoms with Crippen molar-refractivity contribution in [2.45, 2.75) is 25.8 Å². The number of alkyl halides is 2. The standard InChI is InChI=1S/C13H16Br3NO/c1-3-13(7-14,8-15)17-12(18)10-4-9(2)5-11(16)6-10/h4-6H,3,7-8H2,1-2H3,(H,17,18). The number of aryl methyl sites for hydroxylation is 1. The van der Waals surface area contributed by atoms with E-state index in [1.165, 1.54) is 0 Å². The number of nitrogens with one attached hydrogen (secondary N) is 1. The monoisotopic (exact) mass is 439 g/mol. The average Bonchev–Trinajstić information content (AvgIpc) is 2.35. The summed E-state index contributed by atoms with van der Waals surface area (Å²) in [6.07, 6.45) is 0.863. The molecular formula is C13H16Br3NO. The molecule has 1 N–H and O–H groups in total. The first kappa shape index (κ1) is 16.2. The minimum Gasteiger partial charge on any atom is -0.345 e. The van der Waals surface area contributed by atoms with Crippen LogP contribution in [0, 0.1) is 6.92 Å². The van der Waals surface area contributed by atoms with Crippen LogP contribution >= 0.6 is 47.8 Å². The lowest BCUT2D eigenvalue weighted by Gasteiger charge is -2.30. The SMILES string of the molecule is CCC(CBr)(CBr)NC(=O)c1cc(C)cc(Br)c1. The lowest BCUT2D eigenvalue weighted by atomic mass is 10.0. The van der Waals surface area contributed by atoms with Gasteiger partial charge in [-0.15, -0.1) is 0 Å². The molecule has 1 aromatic carbocycles. The molecule has 0 saturated heterocycles. The van der Waals surface area contributed by atoms with Gasteiger partial charge < -0.3 is 5.32 Å². The van der Waals surface area contributed by atoms with Crippen molar-refractivity contribution >= 4 is 53.7 Å². The van der Waals surface area contributed by atoms with Crippen molar-refractivity contribution in [2.75, 3.05) is 10.7 Å². The Balaban J connectivity index is 2.94. The largest absolute Gasteiger partial charge is 0.345 e. The Morgan fingerprint density at radius 2 is 1.89 bits per heavy atom. The Hall–Kier alpha value is 0.130. The summed E-state index contributed by atoms with van der Waals surface area (Å²) in [5, 5.41) is 4.54. The zero-order valence-corrected chi connectivity index (χ0v) is 15.2. The summed E-state index contributed by atoms with van der Waals surface area (Å²) in [6, 6.07) is 5.72. The van der Waals surface area contributed by atoms with Gasteiger partial charge in [-0.1, -0.05) is 54.7 Å². The number of hydrogen-bond acceptors (Lipinski definition) is 1. The van der Waals surface area contributed by atoms with Crippen molar-refractivity contribution in [2.24, 2.45) is 0 Å². The van der Waals surface area contributed by atoms with E-state index >= 15 is 0 Å². The van der Waals surface area contributed by atoms with Gasteiger partial charge in [0.15, 0.2) is 0 Å². The van der Waals surface area contributed by atoms with Gasteiger partial charge in [0.1, 0.15) is 0 Å². The molecule has 1 aromatic rings. The third-order valence-corrected chi connectivity index (χ3v) is 5.48. The van der Waals surface area contributed by atoms with Gasteiger partial charge >= 0.3 is 0 Å². The van der Waals surface area contributed by atoms with Crippen LogP contribution in [0.15, 0.2) is 22.7 Å². The van der Waals surface area contributed by atoms with Crippen molar-refractivity contribution in [3.05, 3.63) is 33.8 Å². The van der Waals surface area contributed by atoms with Crippen molar-refractivity contribution in [1.82, 2.24) is 5.32 Å². The highest BCUT2D eigenvalue weighted by molar-refractivity contribution is 9.10. The lowest BCUT2D eigenvalue weighted by Crippen LogP contribution is -2.51. The lowest BCUT2D eigenvalue weighted by molar-refractivity contribution is 0.0915. The molecule has 2 nitrogen and oxygen atoms in total. The van der Waals surface area contributed by atoms with Gasteiger partial charge in [0.25, 0.3) is 5.91 Å². The van der Waals surface area contributed by atoms with E-state index in [1.54, 1.807) is 0 Å². The second kappa shape index (κ2) is 7.06. The molecule has 0 aliphatic carbocycles. The van der Waals surface area contributed by atoms with E-state index < -0.39 is 0 Å². The molecule has 5 heteroatoms. The minimum absolute atomic E-state index is 0.0415. The third-order valence-electron chi connectivity index (χ3n) is 2.87. The fourth-order valence-electron chi connectivity index (χ4n) is 1.56. The molecule has 0 unspecified atom stereocenters. The third kappa shape index (κ3) is 4.07. The maximum Gasteiger partial charge on any atom is 0.251 e. The molecule has 0 bridgehead atoms. The summed E-state index contributed by atoms with van der Waals surface area (Å²) < 4.78 is 0.924. The summed E-state index contributed by atoms with van der Waals surface area (Å²) in [6.45, 7) is 4.04. The molecule has 0 spiro atoms. The summed E-state index contributed by atoms with van der Waals surface area (Å²) in [4.78, 5) is 12.3. The molecule has 0 aliphatic heterocycles. The minimum atomic E-state index is -0.243. The molecule has 0 radical (unpaired) electrons. The number of carbonyl (C=O) groups excluding carboxylic acids is 1. The van der Waals surface area contributed by atoms with Gasteiger partial charge in [-0.3, -0.25) is 4.79 Å². The summed E-state index contributed by atoms with van der Waals surface area (Å²) in [5.74, 6) is -0.0415. The molecule has 0 atom stereocenters. The van der Waals surface area contributed by atoms with Crippen LogP contribution in [0.3, 0.4) is 0 Å². The van der Waals surface area contributed by atoms with Crippen LogP contribution < -0.4 is 5.32 Å².